The van der Waals surface area contributed by atoms with Crippen molar-refractivity contribution >= 4 is 17.3 Å². The Morgan fingerprint density at radius 2 is 1.95 bits per heavy atom. The summed E-state index contributed by atoms with van der Waals surface area (Å²) in [7, 11) is 0. The molecule has 0 atom stereocenters. The van der Waals surface area contributed by atoms with E-state index < -0.39 is 0 Å². The third-order valence-electron chi connectivity index (χ3n) is 2.84. The largest absolute Gasteiger partial charge is 0.388 e. The second-order valence-electron chi connectivity index (χ2n) is 4.46. The van der Waals surface area contributed by atoms with Crippen molar-refractivity contribution in [1.29, 1.82) is 5.41 Å². The van der Waals surface area contributed by atoms with Crippen LogP contribution in [0, 0.1) is 12.3 Å². The van der Waals surface area contributed by atoms with Gasteiger partial charge in [0.25, 0.3) is 0 Å². The van der Waals surface area contributed by atoms with Crippen LogP contribution in [-0.2, 0) is 0 Å². The summed E-state index contributed by atoms with van der Waals surface area (Å²) in [6.07, 6.45) is 2.36. The van der Waals surface area contributed by atoms with Gasteiger partial charge in [-0.15, -0.1) is 0 Å². The van der Waals surface area contributed by atoms with Gasteiger partial charge in [-0.3, -0.25) is 5.41 Å². The molecule has 4 heteroatoms. The highest BCUT2D eigenvalue weighted by Gasteiger charge is 2.10. The molecule has 0 aliphatic carbocycles. The zero-order valence-electron chi connectivity index (χ0n) is 11.0. The van der Waals surface area contributed by atoms with E-state index in [9.17, 15) is 0 Å². The molecule has 0 bridgehead atoms. The fourth-order valence-electron chi connectivity index (χ4n) is 1.84. The molecule has 0 aliphatic heterocycles. The molecule has 0 unspecified atom stereocenters. The highest BCUT2D eigenvalue weighted by molar-refractivity contribution is 5.78. The number of anilines is 2. The second kappa shape index (κ2) is 6.00. The van der Waals surface area contributed by atoms with Crippen LogP contribution in [0.5, 0.6) is 0 Å². The van der Waals surface area contributed by atoms with Gasteiger partial charge >= 0.3 is 0 Å². The van der Waals surface area contributed by atoms with Crippen molar-refractivity contribution in [2.24, 2.45) is 5.73 Å². The summed E-state index contributed by atoms with van der Waals surface area (Å²) in [5, 5.41) is 7.38. The average Bonchev–Trinajstić information content (AvgIpc) is 2.42. The number of para-hydroxylation sites is 1. The van der Waals surface area contributed by atoms with Gasteiger partial charge < -0.3 is 10.6 Å². The summed E-state index contributed by atoms with van der Waals surface area (Å²) in [5.74, 6) is 1.06. The van der Waals surface area contributed by atoms with E-state index in [-0.39, 0.29) is 5.84 Å². The second-order valence-corrected chi connectivity index (χ2v) is 4.46. The topological polar surface area (TPSA) is 66.0 Å². The molecule has 1 heterocycles. The number of benzene rings is 1. The highest BCUT2D eigenvalue weighted by Crippen LogP contribution is 2.23. The van der Waals surface area contributed by atoms with Crippen LogP contribution in [0.3, 0.4) is 0 Å². The Balaban J connectivity index is 2.28. The fraction of sp³-hybridized carbons (Fsp3) is 0.200. The molecule has 0 radical (unpaired) electrons. The van der Waals surface area contributed by atoms with Crippen LogP contribution >= 0.6 is 0 Å². The zero-order chi connectivity index (χ0) is 13.7. The lowest BCUT2D eigenvalue weighted by Crippen LogP contribution is -2.24. The fourth-order valence-corrected chi connectivity index (χ4v) is 1.84. The molecule has 98 valence electrons. The molecule has 19 heavy (non-hydrogen) atoms. The summed E-state index contributed by atoms with van der Waals surface area (Å²) in [5.41, 5.74) is 7.64. The molecular formula is C15H18N4. The molecule has 0 spiro atoms. The van der Waals surface area contributed by atoms with Gasteiger partial charge in [0, 0.05) is 24.8 Å². The molecule has 0 saturated carbocycles. The summed E-state index contributed by atoms with van der Waals surface area (Å²) < 4.78 is 0. The first kappa shape index (κ1) is 13.1. The summed E-state index contributed by atoms with van der Waals surface area (Å²) >= 11 is 0. The Morgan fingerprint density at radius 3 is 2.53 bits per heavy atom. The van der Waals surface area contributed by atoms with E-state index >= 15 is 0 Å². The van der Waals surface area contributed by atoms with Crippen molar-refractivity contribution < 1.29 is 0 Å². The van der Waals surface area contributed by atoms with Crippen molar-refractivity contribution in [3.05, 3.63) is 54.2 Å². The molecule has 0 saturated heterocycles. The number of aryl methyl sites for hydroxylation is 1. The monoisotopic (exact) mass is 254 g/mol. The highest BCUT2D eigenvalue weighted by atomic mass is 15.2. The maximum atomic E-state index is 7.38. The van der Waals surface area contributed by atoms with Crippen molar-refractivity contribution in [2.75, 3.05) is 11.4 Å². The van der Waals surface area contributed by atoms with Crippen LogP contribution in [0.25, 0.3) is 0 Å². The van der Waals surface area contributed by atoms with Crippen molar-refractivity contribution in [3.8, 4) is 0 Å². The van der Waals surface area contributed by atoms with Gasteiger partial charge in [0.1, 0.15) is 5.82 Å². The number of hydrogen-bond donors (Lipinski definition) is 2. The molecule has 2 rings (SSSR count). The van der Waals surface area contributed by atoms with Crippen LogP contribution in [0.2, 0.25) is 0 Å². The number of amidine groups is 1. The summed E-state index contributed by atoms with van der Waals surface area (Å²) in [4.78, 5) is 6.52. The van der Waals surface area contributed by atoms with Crippen LogP contribution in [-0.4, -0.2) is 17.4 Å². The van der Waals surface area contributed by atoms with Crippen molar-refractivity contribution in [3.63, 3.8) is 0 Å². The third kappa shape index (κ3) is 3.55. The number of nitrogens with zero attached hydrogens (tertiary/aromatic N) is 2. The van der Waals surface area contributed by atoms with E-state index in [4.69, 9.17) is 11.1 Å². The number of nitrogens with two attached hydrogens (primary N) is 1. The van der Waals surface area contributed by atoms with Crippen molar-refractivity contribution in [1.82, 2.24) is 4.98 Å². The number of aromatic nitrogens is 1. The maximum Gasteiger partial charge on any atom is 0.132 e. The normalized spacial score (nSPS) is 10.2. The molecule has 1 aromatic heterocycles. The quantitative estimate of drug-likeness (QED) is 0.637. The molecule has 0 aliphatic rings. The molecule has 3 N–H and O–H groups in total. The lowest BCUT2D eigenvalue weighted by molar-refractivity contribution is 0.931. The van der Waals surface area contributed by atoms with Gasteiger partial charge in [0.15, 0.2) is 0 Å². The van der Waals surface area contributed by atoms with Gasteiger partial charge in [-0.2, -0.15) is 0 Å². The van der Waals surface area contributed by atoms with E-state index in [1.165, 1.54) is 0 Å². The molecule has 0 amide bonds. The zero-order valence-corrected chi connectivity index (χ0v) is 11.0. The van der Waals surface area contributed by atoms with E-state index in [0.717, 1.165) is 17.1 Å². The number of nitrogens with one attached hydrogen (secondary N) is 1. The van der Waals surface area contributed by atoms with Crippen LogP contribution in [0.4, 0.5) is 11.5 Å². The Kier molecular flexibility index (Phi) is 4.13. The molecule has 0 fully saturated rings. The predicted molar refractivity (Wildman–Crippen MR) is 79.0 cm³/mol. The van der Waals surface area contributed by atoms with E-state index in [0.29, 0.717) is 13.0 Å². The average molecular weight is 254 g/mol. The predicted octanol–water partition coefficient (Wildman–Crippen LogP) is 2.85. The first-order valence-electron chi connectivity index (χ1n) is 6.25. The summed E-state index contributed by atoms with van der Waals surface area (Å²) in [6, 6.07) is 14.0. The van der Waals surface area contributed by atoms with Crippen LogP contribution < -0.4 is 10.6 Å². The summed E-state index contributed by atoms with van der Waals surface area (Å²) in [6.45, 7) is 2.66. The maximum absolute atomic E-state index is 7.38. The molecule has 1 aromatic carbocycles. The van der Waals surface area contributed by atoms with Gasteiger partial charge in [0.2, 0.25) is 0 Å². The first-order valence-corrected chi connectivity index (χ1v) is 6.25. The smallest absolute Gasteiger partial charge is 0.132 e. The van der Waals surface area contributed by atoms with Gasteiger partial charge in [-0.1, -0.05) is 24.3 Å². The standard InChI is InChI=1S/C15H18N4/c1-12-7-8-15(18-11-12)19(10-9-14(16)17)13-5-3-2-4-6-13/h2-8,11H,9-10H2,1H3,(H3,16,17). The SMILES string of the molecule is Cc1ccc(N(CCC(=N)N)c2ccccc2)nc1. The van der Waals surface area contributed by atoms with Crippen molar-refractivity contribution in [2.45, 2.75) is 13.3 Å². The minimum absolute atomic E-state index is 0.188. The molecular weight excluding hydrogens is 236 g/mol. The lowest BCUT2D eigenvalue weighted by Gasteiger charge is -2.23. The van der Waals surface area contributed by atoms with E-state index in [2.05, 4.69) is 9.88 Å². The minimum atomic E-state index is 0.188. The first-order chi connectivity index (χ1) is 9.16. The Labute approximate surface area is 113 Å². The molecule has 2 aromatic rings. The van der Waals surface area contributed by atoms with Crippen LogP contribution in [0.1, 0.15) is 12.0 Å². The van der Waals surface area contributed by atoms with Crippen LogP contribution in [0.15, 0.2) is 48.7 Å². The minimum Gasteiger partial charge on any atom is -0.388 e. The number of pyridine rings is 1. The van der Waals surface area contributed by atoms with Gasteiger partial charge in [-0.25, -0.2) is 4.98 Å². The van der Waals surface area contributed by atoms with Gasteiger partial charge in [-0.05, 0) is 30.7 Å². The lowest BCUT2D eigenvalue weighted by atomic mass is 10.2. The van der Waals surface area contributed by atoms with Gasteiger partial charge in [0.05, 0.1) is 5.84 Å². The third-order valence-corrected chi connectivity index (χ3v) is 2.84. The Morgan fingerprint density at radius 1 is 1.21 bits per heavy atom. The number of hydrogen-bond acceptors (Lipinski definition) is 3. The van der Waals surface area contributed by atoms with E-state index in [1.807, 2.05) is 55.6 Å². The van der Waals surface area contributed by atoms with E-state index in [1.54, 1.807) is 0 Å². The Bertz CT molecular complexity index is 534. The Hall–Kier alpha value is -2.36. The molecule has 4 nitrogen and oxygen atoms in total. The number of rotatable bonds is 5.